The molecule has 0 atom stereocenters. The van der Waals surface area contributed by atoms with Crippen LogP contribution in [0.2, 0.25) is 0 Å². The molecular weight excluding hydrogens is 322 g/mol. The van der Waals surface area contributed by atoms with Gasteiger partial charge in [-0.1, -0.05) is 83.3 Å². The summed E-state index contributed by atoms with van der Waals surface area (Å²) in [7, 11) is 4.27. The van der Waals surface area contributed by atoms with Crippen LogP contribution in [0, 0.1) is 0 Å². The summed E-state index contributed by atoms with van der Waals surface area (Å²) in [5.41, 5.74) is 0. The topological polar surface area (TPSA) is 3.24 Å². The Kier molecular flexibility index (Phi) is 22.5. The smallest absolute Gasteiger partial charge is 0.000980 e. The molecule has 0 radical (unpaired) electrons. The summed E-state index contributed by atoms with van der Waals surface area (Å²) in [4.78, 5) is 2.24. The highest BCUT2D eigenvalue weighted by atomic mass is 79.9. The zero-order chi connectivity index (χ0) is 14.9. The molecule has 2 heteroatoms. The molecule has 0 saturated carbocycles. The van der Waals surface area contributed by atoms with Gasteiger partial charge in [0.2, 0.25) is 0 Å². The van der Waals surface area contributed by atoms with Gasteiger partial charge in [-0.15, -0.1) is 17.0 Å². The molecule has 0 spiro atoms. The van der Waals surface area contributed by atoms with Gasteiger partial charge in [-0.2, -0.15) is 0 Å². The third-order valence-electron chi connectivity index (χ3n) is 3.88. The van der Waals surface area contributed by atoms with Crippen molar-refractivity contribution in [2.75, 3.05) is 20.6 Å². The predicted octanol–water partition coefficient (Wildman–Crippen LogP) is 6.77. The molecule has 0 aliphatic rings. The van der Waals surface area contributed by atoms with Gasteiger partial charge >= 0.3 is 0 Å². The van der Waals surface area contributed by atoms with Crippen LogP contribution in [0.1, 0.15) is 90.4 Å². The molecule has 0 heterocycles. The summed E-state index contributed by atoms with van der Waals surface area (Å²) < 4.78 is 0. The van der Waals surface area contributed by atoms with E-state index in [-0.39, 0.29) is 17.0 Å². The summed E-state index contributed by atoms with van der Waals surface area (Å²) in [6, 6.07) is 0. The molecule has 128 valence electrons. The second kappa shape index (κ2) is 20.2. The van der Waals surface area contributed by atoms with Crippen molar-refractivity contribution in [2.45, 2.75) is 90.4 Å². The van der Waals surface area contributed by atoms with E-state index in [2.05, 4.69) is 38.1 Å². The van der Waals surface area contributed by atoms with Gasteiger partial charge in [-0.3, -0.25) is 0 Å². The van der Waals surface area contributed by atoms with Gasteiger partial charge in [0.05, 0.1) is 0 Å². The van der Waals surface area contributed by atoms with Crippen LogP contribution in [0.3, 0.4) is 0 Å². The first-order chi connectivity index (χ1) is 9.77. The maximum absolute atomic E-state index is 2.37. The Hall–Kier alpha value is 0.180. The molecule has 0 rings (SSSR count). The van der Waals surface area contributed by atoms with Crippen molar-refractivity contribution in [2.24, 2.45) is 0 Å². The lowest BCUT2D eigenvalue weighted by Gasteiger charge is -2.05. The third kappa shape index (κ3) is 22.6. The molecule has 1 nitrogen and oxygen atoms in total. The van der Waals surface area contributed by atoms with E-state index in [9.17, 15) is 0 Å². The maximum atomic E-state index is 2.37. The number of halogens is 1. The summed E-state index contributed by atoms with van der Waals surface area (Å²) in [5, 5.41) is 0. The summed E-state index contributed by atoms with van der Waals surface area (Å²) in [6.07, 6.45) is 23.0. The van der Waals surface area contributed by atoms with Gasteiger partial charge < -0.3 is 4.90 Å². The maximum Gasteiger partial charge on any atom is 0.000980 e. The van der Waals surface area contributed by atoms with Crippen molar-refractivity contribution < 1.29 is 0 Å². The second-order valence-electron chi connectivity index (χ2n) is 6.39. The summed E-state index contributed by atoms with van der Waals surface area (Å²) >= 11 is 0. The van der Waals surface area contributed by atoms with E-state index >= 15 is 0 Å². The fourth-order valence-electron chi connectivity index (χ4n) is 2.49. The zero-order valence-electron chi connectivity index (χ0n) is 14.9. The Morgan fingerprint density at radius 2 is 1.05 bits per heavy atom. The minimum atomic E-state index is 0. The molecule has 0 bridgehead atoms. The SMILES string of the molecule is Br.CCCCCCCCCCCCCC=CCCN(C)C. The Bertz CT molecular complexity index is 202. The van der Waals surface area contributed by atoms with Crippen LogP contribution in [-0.4, -0.2) is 25.5 Å². The monoisotopic (exact) mass is 361 g/mol. The van der Waals surface area contributed by atoms with E-state index in [1.165, 1.54) is 90.0 Å². The van der Waals surface area contributed by atoms with E-state index in [4.69, 9.17) is 0 Å². The fourth-order valence-corrected chi connectivity index (χ4v) is 2.49. The number of hydrogen-bond donors (Lipinski definition) is 0. The first kappa shape index (κ1) is 23.4. The van der Waals surface area contributed by atoms with E-state index < -0.39 is 0 Å². The molecule has 21 heavy (non-hydrogen) atoms. The van der Waals surface area contributed by atoms with Crippen molar-refractivity contribution in [3.63, 3.8) is 0 Å². The minimum Gasteiger partial charge on any atom is -0.309 e. The average Bonchev–Trinajstić information content (AvgIpc) is 2.43. The van der Waals surface area contributed by atoms with Crippen molar-refractivity contribution >= 4 is 17.0 Å². The number of hydrogen-bond acceptors (Lipinski definition) is 1. The molecule has 0 fully saturated rings. The van der Waals surface area contributed by atoms with Crippen LogP contribution in [0.25, 0.3) is 0 Å². The van der Waals surface area contributed by atoms with Crippen LogP contribution >= 0.6 is 17.0 Å². The lowest BCUT2D eigenvalue weighted by molar-refractivity contribution is 0.417. The predicted molar refractivity (Wildman–Crippen MR) is 104 cm³/mol. The van der Waals surface area contributed by atoms with Crippen LogP contribution in [0.5, 0.6) is 0 Å². The largest absolute Gasteiger partial charge is 0.309 e. The highest BCUT2D eigenvalue weighted by Gasteiger charge is 1.92. The van der Waals surface area contributed by atoms with E-state index in [0.29, 0.717) is 0 Å². The standard InChI is InChI=1S/C19H39N.BrH/c1-4-5-6-7-8-9-10-11-12-13-14-15-16-17-18-19-20(2)3;/h16-17H,4-15,18-19H2,1-3H3;1H. The molecule has 0 saturated heterocycles. The molecule has 0 aromatic rings. The second-order valence-corrected chi connectivity index (χ2v) is 6.39. The Morgan fingerprint density at radius 1 is 0.619 bits per heavy atom. The van der Waals surface area contributed by atoms with Gasteiger partial charge in [0.25, 0.3) is 0 Å². The minimum absolute atomic E-state index is 0. The Balaban J connectivity index is 0. The average molecular weight is 362 g/mol. The van der Waals surface area contributed by atoms with Crippen LogP contribution in [-0.2, 0) is 0 Å². The molecule has 0 N–H and O–H groups in total. The third-order valence-corrected chi connectivity index (χ3v) is 3.88. The highest BCUT2D eigenvalue weighted by molar-refractivity contribution is 8.93. The van der Waals surface area contributed by atoms with Crippen LogP contribution in [0.4, 0.5) is 0 Å². The van der Waals surface area contributed by atoms with E-state index in [0.717, 1.165) is 0 Å². The first-order valence-corrected chi connectivity index (χ1v) is 9.07. The van der Waals surface area contributed by atoms with Crippen molar-refractivity contribution in [1.29, 1.82) is 0 Å². The first-order valence-electron chi connectivity index (χ1n) is 9.07. The molecular formula is C19H40BrN. The van der Waals surface area contributed by atoms with Gasteiger partial charge in [0.1, 0.15) is 0 Å². The van der Waals surface area contributed by atoms with Crippen molar-refractivity contribution in [3.8, 4) is 0 Å². The zero-order valence-corrected chi connectivity index (χ0v) is 16.6. The molecule has 0 aliphatic carbocycles. The highest BCUT2D eigenvalue weighted by Crippen LogP contribution is 2.12. The van der Waals surface area contributed by atoms with E-state index in [1.54, 1.807) is 0 Å². The van der Waals surface area contributed by atoms with E-state index in [1.807, 2.05) is 0 Å². The lowest BCUT2D eigenvalue weighted by Crippen LogP contribution is -2.11. The lowest BCUT2D eigenvalue weighted by atomic mass is 10.1. The van der Waals surface area contributed by atoms with Gasteiger partial charge in [-0.25, -0.2) is 0 Å². The Labute approximate surface area is 145 Å². The van der Waals surface area contributed by atoms with Gasteiger partial charge in [0.15, 0.2) is 0 Å². The van der Waals surface area contributed by atoms with Crippen molar-refractivity contribution in [1.82, 2.24) is 4.90 Å². The van der Waals surface area contributed by atoms with Crippen LogP contribution < -0.4 is 0 Å². The van der Waals surface area contributed by atoms with Gasteiger partial charge in [0, 0.05) is 6.54 Å². The van der Waals surface area contributed by atoms with Crippen LogP contribution in [0.15, 0.2) is 12.2 Å². The number of unbranched alkanes of at least 4 members (excludes halogenated alkanes) is 11. The summed E-state index contributed by atoms with van der Waals surface area (Å²) in [5.74, 6) is 0. The van der Waals surface area contributed by atoms with Gasteiger partial charge in [-0.05, 0) is 33.4 Å². The molecule has 0 aromatic heterocycles. The molecule has 0 aromatic carbocycles. The molecule has 0 aliphatic heterocycles. The Morgan fingerprint density at radius 3 is 1.52 bits per heavy atom. The summed E-state index contributed by atoms with van der Waals surface area (Å²) in [6.45, 7) is 3.46. The number of allylic oxidation sites excluding steroid dienone is 1. The van der Waals surface area contributed by atoms with Crippen molar-refractivity contribution in [3.05, 3.63) is 12.2 Å². The quantitative estimate of drug-likeness (QED) is 0.229. The molecule has 0 amide bonds. The molecule has 0 unspecified atom stereocenters. The number of nitrogens with zero attached hydrogens (tertiary/aromatic N) is 1. The fraction of sp³-hybridized carbons (Fsp3) is 0.895. The number of rotatable bonds is 15. The normalized spacial score (nSPS) is 11.2.